The van der Waals surface area contributed by atoms with Crippen LogP contribution in [0.25, 0.3) is 86.2 Å². The van der Waals surface area contributed by atoms with E-state index in [-0.39, 0.29) is 0 Å². The maximum atomic E-state index is 14.8. The fourth-order valence-electron chi connectivity index (χ4n) is 11.8. The molecule has 4 heteroatoms. The summed E-state index contributed by atoms with van der Waals surface area (Å²) < 4.78 is 14.7. The zero-order valence-corrected chi connectivity index (χ0v) is 37.2. The molecular weight excluding hydrogens is 821 g/mol. The molecule has 13 rings (SSSR count). The van der Waals surface area contributed by atoms with E-state index in [1.54, 1.807) is 0 Å². The Labute approximate surface area is 387 Å². The van der Waals surface area contributed by atoms with E-state index in [9.17, 15) is 10.2 Å². The zero-order valence-electron chi connectivity index (χ0n) is 37.2. The molecule has 12 aromatic rings. The molecule has 1 saturated heterocycles. The smallest absolute Gasteiger partial charge is 0.164 e. The minimum absolute atomic E-state index is 0.655. The molecule has 0 radical (unpaired) electrons. The van der Waals surface area contributed by atoms with Crippen LogP contribution in [-0.2, 0) is 20.7 Å². The minimum Gasteiger partial charge on any atom is -0.377 e. The highest BCUT2D eigenvalue weighted by atomic mass is 16.8. The van der Waals surface area contributed by atoms with Gasteiger partial charge >= 0.3 is 0 Å². The van der Waals surface area contributed by atoms with E-state index < -0.39 is 29.2 Å². The molecule has 1 fully saturated rings. The third-order valence-electron chi connectivity index (χ3n) is 14.7. The van der Waals surface area contributed by atoms with Crippen LogP contribution < -0.4 is 0 Å². The first kappa shape index (κ1) is 39.9. The fourth-order valence-corrected chi connectivity index (χ4v) is 11.8. The number of rotatable bonds is 6. The third kappa shape index (κ3) is 5.88. The first-order chi connectivity index (χ1) is 32.7. The molecule has 322 valence electrons. The van der Waals surface area contributed by atoms with Gasteiger partial charge in [0.15, 0.2) is 5.79 Å². The standard InChI is InChI=1S/C63H46O4/c1-61(2)66-59(62(64,55-27-11-23-47-43-19-7-3-15-39(43)31-35-51(47)55)56-28-12-24-48-44-20-8-4-16-40(44)32-36-52(48)56)60(67-61)63(65,57-29-13-25-49-45-21-9-5-17-41(45)33-37-53(49)57)58-30-14-26-50-46-22-10-6-18-42(46)34-38-54(50)58/h3-38,59-60,64-65H,1-2H3/t59-,60-/m1/s1. The highest BCUT2D eigenvalue weighted by molar-refractivity contribution is 6.13. The number of aliphatic hydroxyl groups is 2. The number of fused-ring (bicyclic) bond motifs is 12. The molecular formula is C63H46O4. The zero-order chi connectivity index (χ0) is 45.1. The van der Waals surface area contributed by atoms with Gasteiger partial charge in [0.2, 0.25) is 0 Å². The summed E-state index contributed by atoms with van der Waals surface area (Å²) >= 11 is 0. The van der Waals surface area contributed by atoms with Crippen LogP contribution in [0.2, 0.25) is 0 Å². The normalized spacial score (nSPS) is 16.7. The van der Waals surface area contributed by atoms with Crippen molar-refractivity contribution in [3.8, 4) is 0 Å². The molecule has 0 bridgehead atoms. The largest absolute Gasteiger partial charge is 0.377 e. The van der Waals surface area contributed by atoms with Gasteiger partial charge in [-0.1, -0.05) is 218 Å². The van der Waals surface area contributed by atoms with Gasteiger partial charge in [0.1, 0.15) is 23.4 Å². The molecule has 0 unspecified atom stereocenters. The number of hydrogen-bond acceptors (Lipinski definition) is 4. The summed E-state index contributed by atoms with van der Waals surface area (Å²) in [6.07, 6.45) is -2.37. The van der Waals surface area contributed by atoms with Crippen molar-refractivity contribution in [2.45, 2.75) is 43.0 Å². The second kappa shape index (κ2) is 14.8. The van der Waals surface area contributed by atoms with Gasteiger partial charge in [-0.15, -0.1) is 0 Å². The second-order valence-electron chi connectivity index (χ2n) is 18.8. The summed E-state index contributed by atoms with van der Waals surface area (Å²) in [6.45, 7) is 3.78. The maximum Gasteiger partial charge on any atom is 0.164 e. The summed E-state index contributed by atoms with van der Waals surface area (Å²) in [7, 11) is 0. The molecule has 4 nitrogen and oxygen atoms in total. The van der Waals surface area contributed by atoms with E-state index in [0.717, 1.165) is 86.2 Å². The molecule has 1 aliphatic rings. The second-order valence-corrected chi connectivity index (χ2v) is 18.8. The van der Waals surface area contributed by atoms with Gasteiger partial charge in [-0.3, -0.25) is 0 Å². The minimum atomic E-state index is -1.93. The molecule has 0 saturated carbocycles. The van der Waals surface area contributed by atoms with Crippen LogP contribution in [0.4, 0.5) is 0 Å². The Morgan fingerprint density at radius 3 is 0.791 bits per heavy atom. The first-order valence-electron chi connectivity index (χ1n) is 23.2. The van der Waals surface area contributed by atoms with Gasteiger partial charge in [0, 0.05) is 0 Å². The summed E-state index contributed by atoms with van der Waals surface area (Å²) in [5.41, 5.74) is -1.23. The van der Waals surface area contributed by atoms with Crippen LogP contribution >= 0.6 is 0 Å². The van der Waals surface area contributed by atoms with Crippen LogP contribution in [0.15, 0.2) is 218 Å². The molecule has 0 amide bonds. The van der Waals surface area contributed by atoms with Crippen LogP contribution in [0, 0.1) is 0 Å². The monoisotopic (exact) mass is 866 g/mol. The van der Waals surface area contributed by atoms with Gasteiger partial charge in [-0.2, -0.15) is 0 Å². The summed E-state index contributed by atoms with van der Waals surface area (Å²) in [4.78, 5) is 0. The summed E-state index contributed by atoms with van der Waals surface area (Å²) in [5, 5.41) is 46.0. The Balaban J connectivity index is 1.16. The van der Waals surface area contributed by atoms with Crippen LogP contribution in [0.5, 0.6) is 0 Å². The van der Waals surface area contributed by atoms with Crippen molar-refractivity contribution >= 4 is 86.2 Å². The SMILES string of the molecule is CC1(C)O[C@@H](C(O)(c2cccc3c2ccc2ccccc23)c2cccc3c2ccc2ccccc23)[C@H](C(O)(c2cccc3c2ccc2ccccc23)c2cccc3c2ccc2ccccc23)O1. The topological polar surface area (TPSA) is 58.9 Å². The Hall–Kier alpha value is -7.44. The Kier molecular flexibility index (Phi) is 8.80. The van der Waals surface area contributed by atoms with Gasteiger partial charge in [-0.25, -0.2) is 0 Å². The van der Waals surface area contributed by atoms with Crippen molar-refractivity contribution in [3.05, 3.63) is 241 Å². The Morgan fingerprint density at radius 2 is 0.522 bits per heavy atom. The number of ether oxygens (including phenoxy) is 2. The summed E-state index contributed by atoms with van der Waals surface area (Å²) in [6, 6.07) is 75.2. The quantitative estimate of drug-likeness (QED) is 0.164. The maximum absolute atomic E-state index is 14.8. The van der Waals surface area contributed by atoms with E-state index in [4.69, 9.17) is 9.47 Å². The third-order valence-corrected chi connectivity index (χ3v) is 14.7. The lowest BCUT2D eigenvalue weighted by Gasteiger charge is -2.44. The molecule has 2 N–H and O–H groups in total. The van der Waals surface area contributed by atoms with Crippen molar-refractivity contribution in [2.24, 2.45) is 0 Å². The predicted molar refractivity (Wildman–Crippen MR) is 276 cm³/mol. The van der Waals surface area contributed by atoms with Crippen molar-refractivity contribution in [1.29, 1.82) is 0 Å². The molecule has 0 aromatic heterocycles. The molecule has 1 heterocycles. The number of hydrogen-bond donors (Lipinski definition) is 2. The number of benzene rings is 12. The fraction of sp³-hybridized carbons (Fsp3) is 0.111. The van der Waals surface area contributed by atoms with Crippen LogP contribution in [0.3, 0.4) is 0 Å². The first-order valence-corrected chi connectivity index (χ1v) is 23.2. The lowest BCUT2D eigenvalue weighted by atomic mass is 9.69. The Bertz CT molecular complexity index is 3480. The highest BCUT2D eigenvalue weighted by Crippen LogP contribution is 2.55. The summed E-state index contributed by atoms with van der Waals surface area (Å²) in [5.74, 6) is -1.26. The van der Waals surface area contributed by atoms with Crippen molar-refractivity contribution in [3.63, 3.8) is 0 Å². The van der Waals surface area contributed by atoms with E-state index in [0.29, 0.717) is 22.3 Å². The average molecular weight is 867 g/mol. The van der Waals surface area contributed by atoms with Crippen molar-refractivity contribution < 1.29 is 19.7 Å². The molecule has 2 atom stereocenters. The molecule has 0 aliphatic carbocycles. The van der Waals surface area contributed by atoms with Crippen LogP contribution in [0.1, 0.15) is 36.1 Å². The van der Waals surface area contributed by atoms with Crippen molar-refractivity contribution in [2.75, 3.05) is 0 Å². The van der Waals surface area contributed by atoms with Crippen molar-refractivity contribution in [1.82, 2.24) is 0 Å². The van der Waals surface area contributed by atoms with E-state index in [1.165, 1.54) is 0 Å². The molecule has 67 heavy (non-hydrogen) atoms. The van der Waals surface area contributed by atoms with E-state index in [2.05, 4.69) is 170 Å². The van der Waals surface area contributed by atoms with Gasteiger partial charge in [0.25, 0.3) is 0 Å². The Morgan fingerprint density at radius 1 is 0.284 bits per heavy atom. The predicted octanol–water partition coefficient (Wildman–Crippen LogP) is 14.6. The van der Waals surface area contributed by atoms with E-state index in [1.807, 2.05) is 62.4 Å². The molecule has 0 spiro atoms. The highest BCUT2D eigenvalue weighted by Gasteiger charge is 2.62. The van der Waals surface area contributed by atoms with E-state index >= 15 is 0 Å². The van der Waals surface area contributed by atoms with Crippen LogP contribution in [-0.4, -0.2) is 28.2 Å². The molecule has 1 aliphatic heterocycles. The lowest BCUT2D eigenvalue weighted by Crippen LogP contribution is -2.55. The van der Waals surface area contributed by atoms with Gasteiger partial charge in [-0.05, 0) is 122 Å². The van der Waals surface area contributed by atoms with Gasteiger partial charge < -0.3 is 19.7 Å². The molecule has 12 aromatic carbocycles. The lowest BCUT2D eigenvalue weighted by molar-refractivity contribution is -0.172. The average Bonchev–Trinajstić information content (AvgIpc) is 3.73. The van der Waals surface area contributed by atoms with Gasteiger partial charge in [0.05, 0.1) is 0 Å².